The Balaban J connectivity index is 2.91. The standard InChI is InChI=1S/C11H24NO3P/c1-6-14-16(13,15-7-2)11(5)9-8-10(3,4)12-11/h12H,6-9H2,1-5H3. The second-order valence-electron chi connectivity index (χ2n) is 5.12. The molecule has 0 spiro atoms. The Labute approximate surface area is 98.6 Å². The van der Waals surface area contributed by atoms with Crippen molar-refractivity contribution in [3.05, 3.63) is 0 Å². The Bertz CT molecular complexity index is 283. The Morgan fingerprint density at radius 1 is 1.12 bits per heavy atom. The monoisotopic (exact) mass is 249 g/mol. The molecule has 0 aromatic carbocycles. The molecule has 1 aliphatic rings. The van der Waals surface area contributed by atoms with Gasteiger partial charge in [-0.3, -0.25) is 9.88 Å². The molecule has 0 amide bonds. The fourth-order valence-electron chi connectivity index (χ4n) is 2.28. The largest absolute Gasteiger partial charge is 0.350 e. The molecule has 5 heteroatoms. The zero-order chi connectivity index (χ0) is 12.4. The lowest BCUT2D eigenvalue weighted by Gasteiger charge is -2.34. The van der Waals surface area contributed by atoms with Gasteiger partial charge in [-0.15, -0.1) is 0 Å². The molecule has 96 valence electrons. The predicted octanol–water partition coefficient (Wildman–Crippen LogP) is 3.13. The van der Waals surface area contributed by atoms with E-state index in [1.54, 1.807) is 0 Å². The zero-order valence-corrected chi connectivity index (χ0v) is 11.9. The van der Waals surface area contributed by atoms with E-state index in [0.717, 1.165) is 12.8 Å². The van der Waals surface area contributed by atoms with Crippen LogP contribution in [-0.2, 0) is 13.6 Å². The minimum Gasteiger partial charge on any atom is -0.308 e. The summed E-state index contributed by atoms with van der Waals surface area (Å²) in [5.41, 5.74) is -0.00138. The Morgan fingerprint density at radius 2 is 1.62 bits per heavy atom. The molecule has 1 fully saturated rings. The van der Waals surface area contributed by atoms with E-state index in [9.17, 15) is 4.57 Å². The van der Waals surface area contributed by atoms with E-state index in [1.807, 2.05) is 20.8 Å². The molecule has 16 heavy (non-hydrogen) atoms. The lowest BCUT2D eigenvalue weighted by molar-refractivity contribution is 0.190. The highest BCUT2D eigenvalue weighted by Crippen LogP contribution is 2.63. The van der Waals surface area contributed by atoms with Crippen molar-refractivity contribution in [2.45, 2.75) is 58.3 Å². The van der Waals surface area contributed by atoms with E-state index in [-0.39, 0.29) is 5.54 Å². The van der Waals surface area contributed by atoms with Crippen molar-refractivity contribution in [3.8, 4) is 0 Å². The van der Waals surface area contributed by atoms with Gasteiger partial charge in [-0.05, 0) is 47.5 Å². The summed E-state index contributed by atoms with van der Waals surface area (Å²) in [7, 11) is -3.07. The smallest absolute Gasteiger partial charge is 0.308 e. The maximum atomic E-state index is 12.7. The maximum Gasteiger partial charge on any atom is 0.350 e. The van der Waals surface area contributed by atoms with Crippen molar-refractivity contribution in [1.82, 2.24) is 5.32 Å². The van der Waals surface area contributed by atoms with E-state index in [1.165, 1.54) is 0 Å². The van der Waals surface area contributed by atoms with Crippen molar-refractivity contribution < 1.29 is 13.6 Å². The van der Waals surface area contributed by atoms with Crippen LogP contribution in [0.2, 0.25) is 0 Å². The molecule has 0 aliphatic carbocycles. The third-order valence-electron chi connectivity index (χ3n) is 3.05. The summed E-state index contributed by atoms with van der Waals surface area (Å²) in [6, 6.07) is 0. The van der Waals surface area contributed by atoms with E-state index >= 15 is 0 Å². The quantitative estimate of drug-likeness (QED) is 0.760. The van der Waals surface area contributed by atoms with Gasteiger partial charge < -0.3 is 9.05 Å². The first-order valence-corrected chi connectivity index (χ1v) is 7.51. The zero-order valence-electron chi connectivity index (χ0n) is 11.0. The second-order valence-corrected chi connectivity index (χ2v) is 7.61. The fraction of sp³-hybridized carbons (Fsp3) is 1.00. The van der Waals surface area contributed by atoms with E-state index in [2.05, 4.69) is 19.2 Å². The summed E-state index contributed by atoms with van der Waals surface area (Å²) in [5.74, 6) is 0. The van der Waals surface area contributed by atoms with E-state index < -0.39 is 12.9 Å². The summed E-state index contributed by atoms with van der Waals surface area (Å²) < 4.78 is 23.6. The first-order chi connectivity index (χ1) is 7.29. The van der Waals surface area contributed by atoms with Gasteiger partial charge in [0.15, 0.2) is 0 Å². The minimum absolute atomic E-state index is 0.00138. The molecule has 1 aliphatic heterocycles. The highest BCUT2D eigenvalue weighted by molar-refractivity contribution is 7.55. The number of hydrogen-bond acceptors (Lipinski definition) is 4. The molecule has 0 aromatic rings. The Kier molecular flexibility index (Phi) is 4.23. The molecule has 0 aromatic heterocycles. The summed E-state index contributed by atoms with van der Waals surface area (Å²) in [6.07, 6.45) is 1.80. The van der Waals surface area contributed by atoms with Crippen LogP contribution in [0.15, 0.2) is 0 Å². The molecule has 1 saturated heterocycles. The van der Waals surface area contributed by atoms with Gasteiger partial charge in [0.2, 0.25) is 0 Å². The average molecular weight is 249 g/mol. The van der Waals surface area contributed by atoms with Gasteiger partial charge in [-0.25, -0.2) is 0 Å². The predicted molar refractivity (Wildman–Crippen MR) is 65.7 cm³/mol. The lowest BCUT2D eigenvalue weighted by atomic mass is 10.0. The van der Waals surface area contributed by atoms with Gasteiger partial charge in [-0.2, -0.15) is 0 Å². The third kappa shape index (κ3) is 2.67. The molecule has 0 saturated carbocycles. The van der Waals surface area contributed by atoms with Crippen LogP contribution in [0.1, 0.15) is 47.5 Å². The van der Waals surface area contributed by atoms with Crippen molar-refractivity contribution in [2.24, 2.45) is 0 Å². The van der Waals surface area contributed by atoms with Crippen molar-refractivity contribution in [2.75, 3.05) is 13.2 Å². The van der Waals surface area contributed by atoms with Crippen molar-refractivity contribution in [3.63, 3.8) is 0 Å². The molecule has 4 nitrogen and oxygen atoms in total. The maximum absolute atomic E-state index is 12.7. The van der Waals surface area contributed by atoms with Crippen LogP contribution in [0, 0.1) is 0 Å². The Morgan fingerprint density at radius 3 is 1.94 bits per heavy atom. The van der Waals surface area contributed by atoms with Crippen LogP contribution in [0.3, 0.4) is 0 Å². The third-order valence-corrected chi connectivity index (χ3v) is 5.79. The molecule has 1 N–H and O–H groups in total. The number of hydrogen-bond donors (Lipinski definition) is 1. The second kappa shape index (κ2) is 4.77. The van der Waals surface area contributed by atoms with Gasteiger partial charge in [0.25, 0.3) is 0 Å². The van der Waals surface area contributed by atoms with Crippen LogP contribution >= 0.6 is 7.60 Å². The summed E-state index contributed by atoms with van der Waals surface area (Å²) in [4.78, 5) is 0. The average Bonchev–Trinajstić information content (AvgIpc) is 2.43. The SMILES string of the molecule is CCOP(=O)(OCC)C1(C)CCC(C)(C)N1. The number of rotatable bonds is 5. The molecule has 1 heterocycles. The van der Waals surface area contributed by atoms with Crippen molar-refractivity contribution >= 4 is 7.60 Å². The summed E-state index contributed by atoms with van der Waals surface area (Å²) in [5, 5.41) is 2.85. The molecular weight excluding hydrogens is 225 g/mol. The molecule has 1 unspecified atom stereocenters. The molecule has 1 atom stereocenters. The van der Waals surface area contributed by atoms with Crippen molar-refractivity contribution in [1.29, 1.82) is 0 Å². The lowest BCUT2D eigenvalue weighted by Crippen LogP contribution is -2.45. The first-order valence-electron chi connectivity index (χ1n) is 5.97. The van der Waals surface area contributed by atoms with Gasteiger partial charge in [0, 0.05) is 5.54 Å². The summed E-state index contributed by atoms with van der Waals surface area (Å²) >= 11 is 0. The van der Waals surface area contributed by atoms with Gasteiger partial charge in [0.1, 0.15) is 5.28 Å². The van der Waals surface area contributed by atoms with Crippen LogP contribution in [0.5, 0.6) is 0 Å². The van der Waals surface area contributed by atoms with Crippen LogP contribution in [-0.4, -0.2) is 24.0 Å². The Hall–Kier alpha value is 0.110. The molecule has 1 rings (SSSR count). The first kappa shape index (κ1) is 14.2. The topological polar surface area (TPSA) is 47.6 Å². The van der Waals surface area contributed by atoms with Gasteiger partial charge in [0.05, 0.1) is 13.2 Å². The molecule has 0 radical (unpaired) electrons. The van der Waals surface area contributed by atoms with Crippen LogP contribution in [0.4, 0.5) is 0 Å². The van der Waals surface area contributed by atoms with Crippen LogP contribution < -0.4 is 5.32 Å². The van der Waals surface area contributed by atoms with Gasteiger partial charge in [-0.1, -0.05) is 0 Å². The van der Waals surface area contributed by atoms with E-state index in [0.29, 0.717) is 13.2 Å². The fourth-order valence-corrected chi connectivity index (χ4v) is 4.43. The van der Waals surface area contributed by atoms with Crippen LogP contribution in [0.25, 0.3) is 0 Å². The highest BCUT2D eigenvalue weighted by Gasteiger charge is 2.53. The molecule has 0 bridgehead atoms. The highest BCUT2D eigenvalue weighted by atomic mass is 31.2. The molecular formula is C11H24NO3P. The van der Waals surface area contributed by atoms with Gasteiger partial charge >= 0.3 is 7.60 Å². The summed E-state index contributed by atoms with van der Waals surface area (Å²) in [6.45, 7) is 10.7. The minimum atomic E-state index is -3.07. The number of nitrogens with one attached hydrogen (secondary N) is 1. The van der Waals surface area contributed by atoms with E-state index in [4.69, 9.17) is 9.05 Å². The normalized spacial score (nSPS) is 29.6.